The lowest BCUT2D eigenvalue weighted by molar-refractivity contribution is -0.138. The number of aliphatic carboxylic acids is 1. The van der Waals surface area contributed by atoms with E-state index in [4.69, 9.17) is 5.11 Å². The molecular formula is C9H17NO2. The molecule has 1 fully saturated rings. The first-order valence-corrected chi connectivity index (χ1v) is 4.51. The maximum absolute atomic E-state index is 10.4. The van der Waals surface area contributed by atoms with Crippen molar-refractivity contribution in [2.75, 3.05) is 13.6 Å². The van der Waals surface area contributed by atoms with Gasteiger partial charge < -0.3 is 5.11 Å². The zero-order chi connectivity index (χ0) is 9.14. The van der Waals surface area contributed by atoms with Crippen molar-refractivity contribution in [1.82, 2.24) is 4.90 Å². The molecule has 0 bridgehead atoms. The van der Waals surface area contributed by atoms with Crippen LogP contribution in [0.25, 0.3) is 0 Å². The Kier molecular flexibility index (Phi) is 3.09. The Morgan fingerprint density at radius 1 is 1.58 bits per heavy atom. The molecule has 2 atom stereocenters. The fourth-order valence-corrected chi connectivity index (χ4v) is 1.92. The summed E-state index contributed by atoms with van der Waals surface area (Å²) in [4.78, 5) is 12.4. The lowest BCUT2D eigenvalue weighted by atomic mass is 10.1. The lowest BCUT2D eigenvalue weighted by Crippen LogP contribution is -2.34. The van der Waals surface area contributed by atoms with Crippen molar-refractivity contribution in [3.05, 3.63) is 0 Å². The van der Waals surface area contributed by atoms with Crippen LogP contribution < -0.4 is 0 Å². The van der Waals surface area contributed by atoms with Gasteiger partial charge in [-0.3, -0.25) is 9.69 Å². The van der Waals surface area contributed by atoms with Crippen molar-refractivity contribution < 1.29 is 9.90 Å². The third-order valence-electron chi connectivity index (χ3n) is 2.68. The van der Waals surface area contributed by atoms with Gasteiger partial charge in [-0.25, -0.2) is 0 Å². The smallest absolute Gasteiger partial charge is 0.317 e. The molecule has 1 rings (SSSR count). The Morgan fingerprint density at radius 2 is 2.25 bits per heavy atom. The molecule has 3 heteroatoms. The summed E-state index contributed by atoms with van der Waals surface area (Å²) in [5.74, 6) is 0.0447. The van der Waals surface area contributed by atoms with Crippen LogP contribution in [0, 0.1) is 5.92 Å². The summed E-state index contributed by atoms with van der Waals surface area (Å²) in [7, 11) is 1.90. The molecule has 0 heterocycles. The molecule has 1 aliphatic carbocycles. The van der Waals surface area contributed by atoms with Crippen LogP contribution >= 0.6 is 0 Å². The number of carboxylic acid groups (broad SMARTS) is 1. The maximum atomic E-state index is 10.4. The highest BCUT2D eigenvalue weighted by molar-refractivity contribution is 5.69. The van der Waals surface area contributed by atoms with Gasteiger partial charge in [-0.05, 0) is 32.2 Å². The van der Waals surface area contributed by atoms with E-state index < -0.39 is 5.97 Å². The van der Waals surface area contributed by atoms with Gasteiger partial charge >= 0.3 is 5.97 Å². The topological polar surface area (TPSA) is 40.5 Å². The van der Waals surface area contributed by atoms with Crippen molar-refractivity contribution in [2.45, 2.75) is 32.2 Å². The molecule has 2 unspecified atom stereocenters. The first kappa shape index (κ1) is 9.52. The van der Waals surface area contributed by atoms with Crippen molar-refractivity contribution in [3.8, 4) is 0 Å². The lowest BCUT2D eigenvalue weighted by Gasteiger charge is -2.21. The third-order valence-corrected chi connectivity index (χ3v) is 2.68. The second-order valence-electron chi connectivity index (χ2n) is 3.88. The first-order chi connectivity index (χ1) is 5.59. The normalized spacial score (nSPS) is 29.6. The van der Waals surface area contributed by atoms with E-state index in [9.17, 15) is 4.79 Å². The minimum Gasteiger partial charge on any atom is -0.480 e. The third kappa shape index (κ3) is 2.48. The van der Waals surface area contributed by atoms with Crippen LogP contribution in [0.2, 0.25) is 0 Å². The molecule has 0 aromatic rings. The van der Waals surface area contributed by atoms with Gasteiger partial charge in [-0.1, -0.05) is 6.92 Å². The standard InChI is InChI=1S/C9H17NO2/c1-7-3-4-8(5-7)10(2)6-9(11)12/h7-8H,3-6H2,1-2H3,(H,11,12). The zero-order valence-electron chi connectivity index (χ0n) is 7.79. The molecule has 3 nitrogen and oxygen atoms in total. The molecule has 0 aromatic carbocycles. The van der Waals surface area contributed by atoms with Crippen LogP contribution in [0.3, 0.4) is 0 Å². The van der Waals surface area contributed by atoms with E-state index in [1.165, 1.54) is 6.42 Å². The average molecular weight is 171 g/mol. The molecule has 0 radical (unpaired) electrons. The van der Waals surface area contributed by atoms with E-state index in [0.29, 0.717) is 6.04 Å². The van der Waals surface area contributed by atoms with Gasteiger partial charge in [0.05, 0.1) is 6.54 Å². The molecule has 0 amide bonds. The minimum absolute atomic E-state index is 0.178. The molecule has 1 N–H and O–H groups in total. The van der Waals surface area contributed by atoms with Crippen LogP contribution in [0.5, 0.6) is 0 Å². The first-order valence-electron chi connectivity index (χ1n) is 4.51. The Balaban J connectivity index is 2.32. The predicted octanol–water partition coefficient (Wildman–Crippen LogP) is 1.19. The minimum atomic E-state index is -0.725. The van der Waals surface area contributed by atoms with Crippen molar-refractivity contribution >= 4 is 5.97 Å². The maximum Gasteiger partial charge on any atom is 0.317 e. The van der Waals surface area contributed by atoms with Gasteiger partial charge in [-0.15, -0.1) is 0 Å². The molecule has 0 aromatic heterocycles. The highest BCUT2D eigenvalue weighted by atomic mass is 16.4. The van der Waals surface area contributed by atoms with Gasteiger partial charge in [-0.2, -0.15) is 0 Å². The zero-order valence-corrected chi connectivity index (χ0v) is 7.79. The largest absolute Gasteiger partial charge is 0.480 e. The van der Waals surface area contributed by atoms with Crippen LogP contribution in [0.4, 0.5) is 0 Å². The fourth-order valence-electron chi connectivity index (χ4n) is 1.92. The molecule has 0 saturated heterocycles. The van der Waals surface area contributed by atoms with E-state index in [0.717, 1.165) is 18.8 Å². The van der Waals surface area contributed by atoms with Gasteiger partial charge in [0, 0.05) is 6.04 Å². The van der Waals surface area contributed by atoms with Crippen LogP contribution in [-0.4, -0.2) is 35.6 Å². The quantitative estimate of drug-likeness (QED) is 0.693. The fraction of sp³-hybridized carbons (Fsp3) is 0.889. The highest BCUT2D eigenvalue weighted by Gasteiger charge is 2.25. The summed E-state index contributed by atoms with van der Waals surface area (Å²) < 4.78 is 0. The van der Waals surface area contributed by atoms with Crippen LogP contribution in [0.15, 0.2) is 0 Å². The monoisotopic (exact) mass is 171 g/mol. The van der Waals surface area contributed by atoms with E-state index in [-0.39, 0.29) is 6.54 Å². The SMILES string of the molecule is CC1CCC(N(C)CC(=O)O)C1. The Bertz CT molecular complexity index is 170. The summed E-state index contributed by atoms with van der Waals surface area (Å²) in [6.07, 6.45) is 3.56. The average Bonchev–Trinajstić information content (AvgIpc) is 2.34. The Hall–Kier alpha value is -0.570. The molecule has 0 aliphatic heterocycles. The number of likely N-dealkylation sites (N-methyl/N-ethyl adjacent to an activating group) is 1. The molecule has 12 heavy (non-hydrogen) atoms. The number of nitrogens with zero attached hydrogens (tertiary/aromatic N) is 1. The number of hydrogen-bond donors (Lipinski definition) is 1. The summed E-state index contributed by atoms with van der Waals surface area (Å²) in [5.41, 5.74) is 0. The van der Waals surface area contributed by atoms with Crippen molar-refractivity contribution in [3.63, 3.8) is 0 Å². The Labute approximate surface area is 73.4 Å². The molecular weight excluding hydrogens is 154 g/mol. The molecule has 1 aliphatic rings. The predicted molar refractivity (Wildman–Crippen MR) is 47.1 cm³/mol. The molecule has 1 saturated carbocycles. The van der Waals surface area contributed by atoms with Gasteiger partial charge in [0.25, 0.3) is 0 Å². The van der Waals surface area contributed by atoms with Gasteiger partial charge in [0.2, 0.25) is 0 Å². The van der Waals surface area contributed by atoms with E-state index >= 15 is 0 Å². The summed E-state index contributed by atoms with van der Waals surface area (Å²) in [6, 6.07) is 0.496. The highest BCUT2D eigenvalue weighted by Crippen LogP contribution is 2.27. The van der Waals surface area contributed by atoms with E-state index in [2.05, 4.69) is 6.92 Å². The summed E-state index contributed by atoms with van der Waals surface area (Å²) in [5, 5.41) is 8.57. The van der Waals surface area contributed by atoms with E-state index in [1.807, 2.05) is 11.9 Å². The Morgan fingerprint density at radius 3 is 2.67 bits per heavy atom. The second-order valence-corrected chi connectivity index (χ2v) is 3.88. The number of hydrogen-bond acceptors (Lipinski definition) is 2. The molecule has 0 spiro atoms. The van der Waals surface area contributed by atoms with Gasteiger partial charge in [0.1, 0.15) is 0 Å². The van der Waals surface area contributed by atoms with Crippen LogP contribution in [-0.2, 0) is 4.79 Å². The number of rotatable bonds is 3. The summed E-state index contributed by atoms with van der Waals surface area (Å²) >= 11 is 0. The second kappa shape index (κ2) is 3.90. The van der Waals surface area contributed by atoms with E-state index in [1.54, 1.807) is 0 Å². The van der Waals surface area contributed by atoms with Crippen molar-refractivity contribution in [1.29, 1.82) is 0 Å². The van der Waals surface area contributed by atoms with Crippen LogP contribution in [0.1, 0.15) is 26.2 Å². The number of carbonyl (C=O) groups is 1. The van der Waals surface area contributed by atoms with Crippen molar-refractivity contribution in [2.24, 2.45) is 5.92 Å². The number of carboxylic acids is 1. The van der Waals surface area contributed by atoms with Gasteiger partial charge in [0.15, 0.2) is 0 Å². The molecule has 70 valence electrons. The summed E-state index contributed by atoms with van der Waals surface area (Å²) in [6.45, 7) is 2.41.